The third kappa shape index (κ3) is 5.07. The lowest BCUT2D eigenvalue weighted by Crippen LogP contribution is -2.12. The number of hydrogen-bond donors (Lipinski definition) is 3. The number of nitrogens with zero attached hydrogens (tertiary/aromatic N) is 3. The van der Waals surface area contributed by atoms with Crippen molar-refractivity contribution in [3.8, 4) is 6.07 Å². The smallest absolute Gasteiger partial charge is 0.255 e. The third-order valence-corrected chi connectivity index (χ3v) is 5.34. The number of carbonyl (C=O) groups excluding carboxylic acids is 1. The minimum absolute atomic E-state index is 0.251. The largest absolute Gasteiger partial charge is 0.355 e. The van der Waals surface area contributed by atoms with E-state index in [1.807, 2.05) is 60.7 Å². The van der Waals surface area contributed by atoms with E-state index >= 15 is 0 Å². The molecular formula is C28H20N6O. The fraction of sp³-hybridized carbons (Fsp3) is 0. The number of nitrogens with one attached hydrogen (secondary N) is 3. The monoisotopic (exact) mass is 456 g/mol. The van der Waals surface area contributed by atoms with Crippen LogP contribution in [0.4, 0.5) is 28.6 Å². The molecule has 2 aromatic heterocycles. The Kier molecular flexibility index (Phi) is 6.01. The summed E-state index contributed by atoms with van der Waals surface area (Å²) >= 11 is 0. The van der Waals surface area contributed by atoms with E-state index < -0.39 is 0 Å². The zero-order valence-electron chi connectivity index (χ0n) is 18.6. The van der Waals surface area contributed by atoms with Crippen LogP contribution in [0.15, 0.2) is 103 Å². The van der Waals surface area contributed by atoms with Crippen LogP contribution in [0.2, 0.25) is 0 Å². The van der Waals surface area contributed by atoms with E-state index in [0.717, 1.165) is 28.0 Å². The number of rotatable bonds is 6. The first kappa shape index (κ1) is 21.6. The molecule has 7 nitrogen and oxygen atoms in total. The van der Waals surface area contributed by atoms with E-state index in [1.165, 1.54) is 0 Å². The molecule has 0 saturated heterocycles. The number of amides is 1. The van der Waals surface area contributed by atoms with Crippen LogP contribution >= 0.6 is 0 Å². The van der Waals surface area contributed by atoms with Gasteiger partial charge in [0, 0.05) is 40.4 Å². The lowest BCUT2D eigenvalue weighted by atomic mass is 10.1. The molecule has 0 atom stereocenters. The van der Waals surface area contributed by atoms with Crippen molar-refractivity contribution in [1.82, 2.24) is 9.97 Å². The van der Waals surface area contributed by atoms with Crippen LogP contribution in [0, 0.1) is 11.3 Å². The predicted octanol–water partition coefficient (Wildman–Crippen LogP) is 6.24. The molecule has 0 unspecified atom stereocenters. The predicted molar refractivity (Wildman–Crippen MR) is 138 cm³/mol. The Morgan fingerprint density at radius 1 is 0.743 bits per heavy atom. The Morgan fingerprint density at radius 2 is 1.54 bits per heavy atom. The van der Waals surface area contributed by atoms with Crippen molar-refractivity contribution < 1.29 is 4.79 Å². The standard InChI is InChI=1S/C28H20N6O/c29-18-19-9-10-25-24(15-19)26(12-14-30-25)34-27-16-20(11-13-31-27)28(35)33-23-8-4-7-22(17-23)32-21-5-2-1-3-6-21/h1-17,32H,(H,33,35)(H,30,31,34). The van der Waals surface area contributed by atoms with Gasteiger partial charge in [0.15, 0.2) is 0 Å². The number of pyridine rings is 2. The minimum Gasteiger partial charge on any atom is -0.355 e. The van der Waals surface area contributed by atoms with Crippen LogP contribution in [0.25, 0.3) is 10.9 Å². The van der Waals surface area contributed by atoms with E-state index in [1.54, 1.807) is 42.7 Å². The molecule has 0 spiro atoms. The molecule has 5 rings (SSSR count). The number of anilines is 5. The van der Waals surface area contributed by atoms with Gasteiger partial charge in [-0.1, -0.05) is 24.3 Å². The van der Waals surface area contributed by atoms with Crippen molar-refractivity contribution in [3.63, 3.8) is 0 Å². The molecular weight excluding hydrogens is 436 g/mol. The molecule has 0 bridgehead atoms. The molecule has 35 heavy (non-hydrogen) atoms. The Morgan fingerprint density at radius 3 is 2.40 bits per heavy atom. The summed E-state index contributed by atoms with van der Waals surface area (Å²) in [6.45, 7) is 0. The molecule has 1 amide bonds. The molecule has 5 aromatic rings. The number of para-hydroxylation sites is 1. The summed E-state index contributed by atoms with van der Waals surface area (Å²) in [6, 6.07) is 30.0. The van der Waals surface area contributed by atoms with Gasteiger partial charge in [0.2, 0.25) is 0 Å². The Balaban J connectivity index is 1.33. The number of fused-ring (bicyclic) bond motifs is 1. The van der Waals surface area contributed by atoms with Gasteiger partial charge in [-0.25, -0.2) is 4.98 Å². The third-order valence-electron chi connectivity index (χ3n) is 5.34. The summed E-state index contributed by atoms with van der Waals surface area (Å²) in [7, 11) is 0. The highest BCUT2D eigenvalue weighted by molar-refractivity contribution is 6.05. The summed E-state index contributed by atoms with van der Waals surface area (Å²) in [5.74, 6) is 0.255. The number of benzene rings is 3. The minimum atomic E-state index is -0.251. The van der Waals surface area contributed by atoms with Crippen molar-refractivity contribution in [2.75, 3.05) is 16.0 Å². The maximum Gasteiger partial charge on any atom is 0.255 e. The van der Waals surface area contributed by atoms with E-state index in [9.17, 15) is 10.1 Å². The van der Waals surface area contributed by atoms with Gasteiger partial charge in [0.25, 0.3) is 5.91 Å². The molecule has 0 aliphatic carbocycles. The molecule has 0 radical (unpaired) electrons. The SMILES string of the molecule is N#Cc1ccc2nccc(Nc3cc(C(=O)Nc4cccc(Nc5ccccc5)c4)ccn3)c2c1. The van der Waals surface area contributed by atoms with Gasteiger partial charge >= 0.3 is 0 Å². The summed E-state index contributed by atoms with van der Waals surface area (Å²) in [5.41, 5.74) is 5.01. The number of nitriles is 1. The van der Waals surface area contributed by atoms with Gasteiger partial charge in [-0.2, -0.15) is 5.26 Å². The van der Waals surface area contributed by atoms with Crippen molar-refractivity contribution >= 4 is 45.4 Å². The molecule has 0 aliphatic heterocycles. The highest BCUT2D eigenvalue weighted by Crippen LogP contribution is 2.26. The van der Waals surface area contributed by atoms with Crippen LogP contribution in [0.5, 0.6) is 0 Å². The van der Waals surface area contributed by atoms with Gasteiger partial charge in [-0.05, 0) is 66.7 Å². The lowest BCUT2D eigenvalue weighted by Gasteiger charge is -2.11. The molecule has 3 N–H and O–H groups in total. The topological polar surface area (TPSA) is 103 Å². The Bertz CT molecular complexity index is 1560. The second-order valence-electron chi connectivity index (χ2n) is 7.78. The average molecular weight is 457 g/mol. The molecule has 7 heteroatoms. The van der Waals surface area contributed by atoms with E-state index in [2.05, 4.69) is 32.0 Å². The van der Waals surface area contributed by atoms with Crippen LogP contribution < -0.4 is 16.0 Å². The zero-order chi connectivity index (χ0) is 24.0. The van der Waals surface area contributed by atoms with Crippen LogP contribution in [0.3, 0.4) is 0 Å². The van der Waals surface area contributed by atoms with E-state index in [0.29, 0.717) is 22.6 Å². The summed E-state index contributed by atoms with van der Waals surface area (Å²) in [5, 5.41) is 19.5. The molecule has 0 saturated carbocycles. The van der Waals surface area contributed by atoms with Crippen LogP contribution in [-0.4, -0.2) is 15.9 Å². The second-order valence-corrected chi connectivity index (χ2v) is 7.78. The van der Waals surface area contributed by atoms with Gasteiger partial charge < -0.3 is 16.0 Å². The average Bonchev–Trinajstić information content (AvgIpc) is 2.89. The number of hydrogen-bond acceptors (Lipinski definition) is 6. The quantitative estimate of drug-likeness (QED) is 0.279. The maximum atomic E-state index is 13.0. The van der Waals surface area contributed by atoms with E-state index in [-0.39, 0.29) is 5.91 Å². The molecule has 168 valence electrons. The Hall–Kier alpha value is -5.22. The molecule has 3 aromatic carbocycles. The second kappa shape index (κ2) is 9.73. The fourth-order valence-electron chi connectivity index (χ4n) is 3.67. The van der Waals surface area contributed by atoms with Crippen molar-refractivity contribution in [1.29, 1.82) is 5.26 Å². The lowest BCUT2D eigenvalue weighted by molar-refractivity contribution is 0.102. The van der Waals surface area contributed by atoms with Gasteiger partial charge in [-0.3, -0.25) is 9.78 Å². The summed E-state index contributed by atoms with van der Waals surface area (Å²) in [6.07, 6.45) is 3.26. The molecule has 2 heterocycles. The number of carbonyl (C=O) groups is 1. The highest BCUT2D eigenvalue weighted by atomic mass is 16.1. The van der Waals surface area contributed by atoms with Crippen molar-refractivity contribution in [2.24, 2.45) is 0 Å². The zero-order valence-corrected chi connectivity index (χ0v) is 18.6. The van der Waals surface area contributed by atoms with Gasteiger partial charge in [-0.15, -0.1) is 0 Å². The Labute approximate surface area is 202 Å². The van der Waals surface area contributed by atoms with Gasteiger partial charge in [0.05, 0.1) is 22.8 Å². The maximum absolute atomic E-state index is 13.0. The highest BCUT2D eigenvalue weighted by Gasteiger charge is 2.10. The normalized spacial score (nSPS) is 10.4. The first-order valence-electron chi connectivity index (χ1n) is 10.9. The first-order chi connectivity index (χ1) is 17.2. The fourth-order valence-corrected chi connectivity index (χ4v) is 3.67. The summed E-state index contributed by atoms with van der Waals surface area (Å²) < 4.78 is 0. The molecule has 0 fully saturated rings. The van der Waals surface area contributed by atoms with E-state index in [4.69, 9.17) is 0 Å². The van der Waals surface area contributed by atoms with Crippen LogP contribution in [0.1, 0.15) is 15.9 Å². The molecule has 0 aliphatic rings. The van der Waals surface area contributed by atoms with Crippen molar-refractivity contribution in [3.05, 3.63) is 115 Å². The van der Waals surface area contributed by atoms with Crippen LogP contribution in [-0.2, 0) is 0 Å². The van der Waals surface area contributed by atoms with Gasteiger partial charge in [0.1, 0.15) is 5.82 Å². The van der Waals surface area contributed by atoms with Crippen molar-refractivity contribution in [2.45, 2.75) is 0 Å². The number of aromatic nitrogens is 2. The first-order valence-corrected chi connectivity index (χ1v) is 10.9. The summed E-state index contributed by atoms with van der Waals surface area (Å²) in [4.78, 5) is 21.6.